The summed E-state index contributed by atoms with van der Waals surface area (Å²) < 4.78 is 15.7. The zero-order valence-corrected chi connectivity index (χ0v) is 10.6. The zero-order chi connectivity index (χ0) is 13.0. The topological polar surface area (TPSA) is 48.7 Å². The summed E-state index contributed by atoms with van der Waals surface area (Å²) in [5.41, 5.74) is 0.801. The molecule has 1 aromatic carbocycles. The van der Waals surface area contributed by atoms with Crippen LogP contribution in [0.2, 0.25) is 0 Å². The number of ether oxygens (including phenoxy) is 2. The van der Waals surface area contributed by atoms with Crippen molar-refractivity contribution in [2.24, 2.45) is 0 Å². The number of fused-ring (bicyclic) bond motifs is 1. The maximum absolute atomic E-state index is 11.2. The molecule has 0 saturated heterocycles. The Morgan fingerprint density at radius 1 is 1.33 bits per heavy atom. The molecular weight excluding hydrogens is 232 g/mol. The summed E-state index contributed by atoms with van der Waals surface area (Å²) in [4.78, 5) is 11.2. The fourth-order valence-electron chi connectivity index (χ4n) is 1.79. The number of aryl methyl sites for hydroxylation is 1. The molecule has 0 saturated carbocycles. The van der Waals surface area contributed by atoms with E-state index in [-0.39, 0.29) is 5.97 Å². The van der Waals surface area contributed by atoms with E-state index in [0.29, 0.717) is 19.4 Å². The number of hydrogen-bond acceptors (Lipinski definition) is 4. The summed E-state index contributed by atoms with van der Waals surface area (Å²) in [5.74, 6) is 1.38. The normalized spacial score (nSPS) is 10.6. The van der Waals surface area contributed by atoms with E-state index in [0.717, 1.165) is 22.5 Å². The fraction of sp³-hybridized carbons (Fsp3) is 0.357. The SMILES string of the molecule is CCOC(=O)CCc1cc2cc(OC)ccc2o1. The Hall–Kier alpha value is -1.97. The van der Waals surface area contributed by atoms with E-state index in [1.165, 1.54) is 0 Å². The van der Waals surface area contributed by atoms with Crippen LogP contribution in [0.4, 0.5) is 0 Å². The van der Waals surface area contributed by atoms with E-state index >= 15 is 0 Å². The minimum Gasteiger partial charge on any atom is -0.497 e. The first-order valence-corrected chi connectivity index (χ1v) is 5.95. The Morgan fingerprint density at radius 2 is 2.17 bits per heavy atom. The molecule has 0 aliphatic heterocycles. The van der Waals surface area contributed by atoms with Crippen LogP contribution in [-0.2, 0) is 16.0 Å². The van der Waals surface area contributed by atoms with Gasteiger partial charge in [-0.05, 0) is 31.2 Å². The Balaban J connectivity index is 2.08. The van der Waals surface area contributed by atoms with Gasteiger partial charge in [0, 0.05) is 11.8 Å². The van der Waals surface area contributed by atoms with Crippen LogP contribution < -0.4 is 4.74 Å². The van der Waals surface area contributed by atoms with Crippen molar-refractivity contribution in [1.29, 1.82) is 0 Å². The van der Waals surface area contributed by atoms with Crippen LogP contribution >= 0.6 is 0 Å². The fourth-order valence-corrected chi connectivity index (χ4v) is 1.79. The van der Waals surface area contributed by atoms with Crippen molar-refractivity contribution in [2.75, 3.05) is 13.7 Å². The predicted molar refractivity (Wildman–Crippen MR) is 67.7 cm³/mol. The summed E-state index contributed by atoms with van der Waals surface area (Å²) in [6.45, 7) is 2.21. The molecule has 0 amide bonds. The third kappa shape index (κ3) is 2.83. The first-order chi connectivity index (χ1) is 8.72. The van der Waals surface area contributed by atoms with Gasteiger partial charge in [-0.15, -0.1) is 0 Å². The Morgan fingerprint density at radius 3 is 2.89 bits per heavy atom. The van der Waals surface area contributed by atoms with Crippen LogP contribution in [0.3, 0.4) is 0 Å². The summed E-state index contributed by atoms with van der Waals surface area (Å²) in [5, 5.41) is 0.980. The first-order valence-electron chi connectivity index (χ1n) is 5.95. The van der Waals surface area contributed by atoms with Crippen molar-refractivity contribution in [3.8, 4) is 5.75 Å². The first kappa shape index (κ1) is 12.5. The van der Waals surface area contributed by atoms with Crippen molar-refractivity contribution in [3.05, 3.63) is 30.0 Å². The van der Waals surface area contributed by atoms with Crippen LogP contribution in [0, 0.1) is 0 Å². The van der Waals surface area contributed by atoms with E-state index in [9.17, 15) is 4.79 Å². The van der Waals surface area contributed by atoms with Crippen molar-refractivity contribution in [1.82, 2.24) is 0 Å². The Bertz CT molecular complexity index is 542. The molecule has 1 heterocycles. The summed E-state index contributed by atoms with van der Waals surface area (Å²) in [7, 11) is 1.63. The maximum atomic E-state index is 11.2. The van der Waals surface area contributed by atoms with Crippen LogP contribution in [-0.4, -0.2) is 19.7 Å². The molecule has 0 spiro atoms. The molecule has 96 valence electrons. The van der Waals surface area contributed by atoms with E-state index in [1.807, 2.05) is 24.3 Å². The molecule has 0 fully saturated rings. The number of hydrogen-bond donors (Lipinski definition) is 0. The van der Waals surface area contributed by atoms with Crippen LogP contribution in [0.5, 0.6) is 5.75 Å². The number of esters is 1. The van der Waals surface area contributed by atoms with Gasteiger partial charge in [-0.25, -0.2) is 0 Å². The molecule has 0 bridgehead atoms. The minimum absolute atomic E-state index is 0.199. The lowest BCUT2D eigenvalue weighted by Crippen LogP contribution is -2.04. The highest BCUT2D eigenvalue weighted by Crippen LogP contribution is 2.24. The van der Waals surface area contributed by atoms with Gasteiger partial charge in [0.25, 0.3) is 0 Å². The molecule has 0 radical (unpaired) electrons. The van der Waals surface area contributed by atoms with E-state index in [1.54, 1.807) is 14.0 Å². The van der Waals surface area contributed by atoms with Gasteiger partial charge in [0.15, 0.2) is 0 Å². The van der Waals surface area contributed by atoms with Crippen molar-refractivity contribution in [2.45, 2.75) is 19.8 Å². The summed E-state index contributed by atoms with van der Waals surface area (Å²) in [6.07, 6.45) is 0.890. The molecule has 4 heteroatoms. The molecule has 18 heavy (non-hydrogen) atoms. The average Bonchev–Trinajstić information content (AvgIpc) is 2.78. The molecule has 2 rings (SSSR count). The number of benzene rings is 1. The van der Waals surface area contributed by atoms with E-state index < -0.39 is 0 Å². The highest BCUT2D eigenvalue weighted by atomic mass is 16.5. The Kier molecular flexibility index (Phi) is 3.87. The highest BCUT2D eigenvalue weighted by Gasteiger charge is 2.08. The smallest absolute Gasteiger partial charge is 0.306 e. The predicted octanol–water partition coefficient (Wildman–Crippen LogP) is 2.94. The van der Waals surface area contributed by atoms with Gasteiger partial charge in [0.2, 0.25) is 0 Å². The lowest BCUT2D eigenvalue weighted by molar-refractivity contribution is -0.143. The minimum atomic E-state index is -0.199. The standard InChI is InChI=1S/C14H16O4/c1-3-17-14(15)7-5-12-9-10-8-11(16-2)4-6-13(10)18-12/h4,6,8-9H,3,5,7H2,1-2H3. The average molecular weight is 248 g/mol. The molecule has 0 aliphatic rings. The Labute approximate surface area is 105 Å². The summed E-state index contributed by atoms with van der Waals surface area (Å²) in [6, 6.07) is 7.55. The van der Waals surface area contributed by atoms with Crippen LogP contribution in [0.25, 0.3) is 11.0 Å². The monoisotopic (exact) mass is 248 g/mol. The molecular formula is C14H16O4. The van der Waals surface area contributed by atoms with Crippen LogP contribution in [0.1, 0.15) is 19.1 Å². The second kappa shape index (κ2) is 5.58. The van der Waals surface area contributed by atoms with Crippen molar-refractivity contribution in [3.63, 3.8) is 0 Å². The summed E-state index contributed by atoms with van der Waals surface area (Å²) >= 11 is 0. The zero-order valence-electron chi connectivity index (χ0n) is 10.6. The lowest BCUT2D eigenvalue weighted by Gasteiger charge is -1.98. The van der Waals surface area contributed by atoms with Gasteiger partial charge < -0.3 is 13.9 Å². The third-order valence-electron chi connectivity index (χ3n) is 2.66. The van der Waals surface area contributed by atoms with Gasteiger partial charge >= 0.3 is 5.97 Å². The third-order valence-corrected chi connectivity index (χ3v) is 2.66. The molecule has 0 aliphatic carbocycles. The van der Waals surface area contributed by atoms with Crippen LogP contribution in [0.15, 0.2) is 28.7 Å². The molecule has 1 aromatic heterocycles. The second-order valence-corrected chi connectivity index (χ2v) is 3.92. The van der Waals surface area contributed by atoms with E-state index in [2.05, 4.69) is 0 Å². The van der Waals surface area contributed by atoms with Crippen molar-refractivity contribution < 1.29 is 18.7 Å². The molecule has 2 aromatic rings. The number of methoxy groups -OCH3 is 1. The molecule has 0 unspecified atom stereocenters. The number of furan rings is 1. The number of carbonyl (C=O) groups excluding carboxylic acids is 1. The lowest BCUT2D eigenvalue weighted by atomic mass is 10.2. The van der Waals surface area contributed by atoms with Gasteiger partial charge in [0.05, 0.1) is 20.1 Å². The highest BCUT2D eigenvalue weighted by molar-refractivity contribution is 5.79. The largest absolute Gasteiger partial charge is 0.497 e. The second-order valence-electron chi connectivity index (χ2n) is 3.92. The quantitative estimate of drug-likeness (QED) is 0.763. The molecule has 0 N–H and O–H groups in total. The van der Waals surface area contributed by atoms with Gasteiger partial charge in [-0.2, -0.15) is 0 Å². The van der Waals surface area contributed by atoms with Gasteiger partial charge in [-0.1, -0.05) is 0 Å². The number of carbonyl (C=O) groups is 1. The van der Waals surface area contributed by atoms with E-state index in [4.69, 9.17) is 13.9 Å². The maximum Gasteiger partial charge on any atom is 0.306 e. The molecule has 4 nitrogen and oxygen atoms in total. The van der Waals surface area contributed by atoms with Gasteiger partial charge in [-0.3, -0.25) is 4.79 Å². The van der Waals surface area contributed by atoms with Crippen molar-refractivity contribution >= 4 is 16.9 Å². The molecule has 0 atom stereocenters. The number of rotatable bonds is 5. The van der Waals surface area contributed by atoms with Gasteiger partial charge in [0.1, 0.15) is 17.1 Å².